The number of carbonyl (C=O) groups excluding carboxylic acids is 6. The molecule has 0 aliphatic carbocycles. The van der Waals surface area contributed by atoms with E-state index in [0.717, 1.165) is 24.6 Å². The van der Waals surface area contributed by atoms with Gasteiger partial charge in [0.05, 0.1) is 30.2 Å². The number of halogens is 3. The first-order valence-corrected chi connectivity index (χ1v) is 23.4. The second-order valence-corrected chi connectivity index (χ2v) is 17.6. The number of aromatic amines is 1. The quantitative estimate of drug-likeness (QED) is 0.0150. The maximum Gasteiger partial charge on any atom is 0.490 e. The molecule has 0 saturated carbocycles. The number of pyridine rings is 1. The number of guanidine groups is 1. The van der Waals surface area contributed by atoms with Crippen molar-refractivity contribution in [2.45, 2.75) is 106 Å². The van der Waals surface area contributed by atoms with E-state index in [1.54, 1.807) is 22.4 Å². The Morgan fingerprint density at radius 1 is 1.01 bits per heavy atom. The minimum Gasteiger partial charge on any atom is -0.475 e. The average Bonchev–Trinajstić information content (AvgIpc) is 3.90. The van der Waals surface area contributed by atoms with Crippen molar-refractivity contribution in [2.75, 3.05) is 49.3 Å². The third-order valence-electron chi connectivity index (χ3n) is 9.93. The fourth-order valence-electron chi connectivity index (χ4n) is 6.59. The number of H-pyrrole nitrogens is 1. The topological polar surface area (TPSA) is 406 Å². The number of alkyl halides is 3. The Bertz CT molecular complexity index is 2140. The molecule has 68 heavy (non-hydrogen) atoms. The van der Waals surface area contributed by atoms with E-state index in [4.69, 9.17) is 42.3 Å². The van der Waals surface area contributed by atoms with Crippen LogP contribution in [-0.2, 0) is 45.0 Å². The third kappa shape index (κ3) is 19.7. The van der Waals surface area contributed by atoms with Crippen molar-refractivity contribution >= 4 is 87.9 Å². The molecule has 2 aliphatic heterocycles. The molecule has 16 N–H and O–H groups in total. The number of nitrogen functional groups attached to an aromatic ring is 1. The number of aliphatic hydroxyl groups is 1. The maximum atomic E-state index is 13.3. The number of primary amides is 1. The summed E-state index contributed by atoms with van der Waals surface area (Å²) in [6.07, 6.45) is 1.36. The van der Waals surface area contributed by atoms with Gasteiger partial charge in [-0.2, -0.15) is 24.9 Å². The van der Waals surface area contributed by atoms with E-state index in [9.17, 15) is 51.8 Å². The van der Waals surface area contributed by atoms with Crippen LogP contribution < -0.4 is 55.1 Å². The van der Waals surface area contributed by atoms with Gasteiger partial charge in [-0.15, -0.1) is 11.8 Å². The Kier molecular flexibility index (Phi) is 23.0. The first kappa shape index (κ1) is 56.3. The van der Waals surface area contributed by atoms with Crippen LogP contribution in [0.2, 0.25) is 0 Å². The van der Waals surface area contributed by atoms with E-state index >= 15 is 0 Å². The van der Waals surface area contributed by atoms with Crippen LogP contribution in [0.4, 0.5) is 23.8 Å². The number of carboxylic acids is 1. The molecule has 4 heterocycles. The second kappa shape index (κ2) is 27.7. The summed E-state index contributed by atoms with van der Waals surface area (Å²) in [6.45, 7) is 0.660. The number of ether oxygens (including phenoxy) is 2. The van der Waals surface area contributed by atoms with Gasteiger partial charge in [0.1, 0.15) is 31.2 Å². The van der Waals surface area contributed by atoms with E-state index in [2.05, 4.69) is 41.5 Å². The summed E-state index contributed by atoms with van der Waals surface area (Å²) < 4.78 is 44.0. The largest absolute Gasteiger partial charge is 0.490 e. The summed E-state index contributed by atoms with van der Waals surface area (Å²) >= 11 is 2.62. The minimum atomic E-state index is -5.08. The zero-order valence-corrected chi connectivity index (χ0v) is 38.4. The normalized spacial score (nSPS) is 18.1. The molecule has 2 aliphatic rings. The van der Waals surface area contributed by atoms with Crippen LogP contribution in [-0.4, -0.2) is 151 Å². The Hall–Kier alpha value is -6.01. The van der Waals surface area contributed by atoms with Gasteiger partial charge in [0.2, 0.25) is 23.6 Å². The molecule has 0 radical (unpaired) electrons. The molecule has 2 aromatic heterocycles. The lowest BCUT2D eigenvalue weighted by Crippen LogP contribution is -2.53. The van der Waals surface area contributed by atoms with Crippen molar-refractivity contribution in [3.8, 4) is 0 Å². The summed E-state index contributed by atoms with van der Waals surface area (Å²) in [7, 11) is 0. The number of amides is 6. The lowest BCUT2D eigenvalue weighted by Gasteiger charge is -2.22. The average molecular weight is 1010 g/mol. The van der Waals surface area contributed by atoms with Crippen LogP contribution >= 0.6 is 23.5 Å². The fourth-order valence-corrected chi connectivity index (χ4v) is 8.98. The van der Waals surface area contributed by atoms with E-state index in [1.165, 1.54) is 6.33 Å². The molecular formula is C38H58F3N13O12S2. The zero-order valence-electron chi connectivity index (χ0n) is 36.8. The minimum absolute atomic E-state index is 0.0311. The Labute approximate surface area is 394 Å². The number of fused-ring (bicyclic) bond motifs is 2. The van der Waals surface area contributed by atoms with E-state index < -0.39 is 53.3 Å². The van der Waals surface area contributed by atoms with Crippen molar-refractivity contribution in [2.24, 2.45) is 22.2 Å². The number of rotatable bonds is 28. The van der Waals surface area contributed by atoms with Gasteiger partial charge < -0.3 is 78.8 Å². The predicted molar refractivity (Wildman–Crippen MR) is 242 cm³/mol. The second-order valence-electron chi connectivity index (χ2n) is 15.4. The number of thioether (sulfide) groups is 2. The van der Waals surface area contributed by atoms with Gasteiger partial charge in [-0.25, -0.2) is 14.6 Å². The van der Waals surface area contributed by atoms with E-state index in [1.807, 2.05) is 0 Å². The molecule has 0 spiro atoms. The number of imidazole rings is 1. The van der Waals surface area contributed by atoms with Gasteiger partial charge in [0.25, 0.3) is 5.56 Å². The monoisotopic (exact) mass is 1010 g/mol. The van der Waals surface area contributed by atoms with Crippen LogP contribution in [0, 0.1) is 0 Å². The lowest BCUT2D eigenvalue weighted by atomic mass is 10.00. The number of unbranched alkanes of at least 4 members (excludes halogenated alkanes) is 3. The molecule has 6 amide bonds. The molecule has 4 rings (SSSR count). The molecule has 5 atom stereocenters. The highest BCUT2D eigenvalue weighted by Crippen LogP contribution is 2.38. The first-order chi connectivity index (χ1) is 32.1. The van der Waals surface area contributed by atoms with Crippen molar-refractivity contribution in [1.29, 1.82) is 0 Å². The molecule has 30 heteroatoms. The molecular weight excluding hydrogens is 952 g/mol. The lowest BCUT2D eigenvalue weighted by molar-refractivity contribution is -0.192. The number of nitrogens with zero attached hydrogens (tertiary/aromatic N) is 3. The van der Waals surface area contributed by atoms with Crippen LogP contribution in [0.3, 0.4) is 0 Å². The van der Waals surface area contributed by atoms with Crippen LogP contribution in [0.25, 0.3) is 11.0 Å². The number of esters is 1. The van der Waals surface area contributed by atoms with Gasteiger partial charge in [-0.3, -0.25) is 33.8 Å². The molecule has 25 nitrogen and oxygen atoms in total. The highest BCUT2D eigenvalue weighted by Gasteiger charge is 2.53. The number of urea groups is 1. The molecule has 2 aromatic rings. The highest BCUT2D eigenvalue weighted by atomic mass is 32.2. The Morgan fingerprint density at radius 2 is 1.72 bits per heavy atom. The van der Waals surface area contributed by atoms with Crippen LogP contribution in [0.5, 0.6) is 0 Å². The summed E-state index contributed by atoms with van der Waals surface area (Å²) in [5, 5.41) is 31.2. The first-order valence-electron chi connectivity index (χ1n) is 21.2. The van der Waals surface area contributed by atoms with Crippen LogP contribution in [0.15, 0.2) is 22.2 Å². The van der Waals surface area contributed by atoms with Crippen molar-refractivity contribution in [3.05, 3.63) is 22.7 Å². The van der Waals surface area contributed by atoms with Crippen LogP contribution in [0.1, 0.15) is 64.2 Å². The van der Waals surface area contributed by atoms with Gasteiger partial charge in [0, 0.05) is 48.8 Å². The van der Waals surface area contributed by atoms with Gasteiger partial charge >= 0.3 is 24.1 Å². The number of anilines is 1. The van der Waals surface area contributed by atoms with Gasteiger partial charge in [-0.1, -0.05) is 12.8 Å². The van der Waals surface area contributed by atoms with Gasteiger partial charge in [-0.05, 0) is 38.5 Å². The molecule has 0 aromatic carbocycles. The standard InChI is InChI=1S/C36H57N13O10S2.C2HF3O2/c37-25-15-23-29(33(55)46-25)43-19-49(23)20-58-13-14-59-28(52)17-60-16-22(31(38)53)45-32(54)21(7-6-12-42-34(39)40)44-27(51)10-2-1-5-11-41-26(50)9-4-3-8-24-30-36(57,18-61-24)48-35(56)47-30;3-2(4,5)1(6)7/h15,19,21-22,24,30,57H,1-14,16-18,20H2,(H2,38,53)(H,41,50)(H,44,51)(H,45,54)(H3,37,46,55)(H4,39,40,42)(H2,47,48,56);(H,6,7)/t21?,22-,24-,30+,36+;/m0./s1. The van der Waals surface area contributed by atoms with Crippen molar-refractivity contribution in [3.63, 3.8) is 0 Å². The zero-order chi connectivity index (χ0) is 50.4. The summed E-state index contributed by atoms with van der Waals surface area (Å²) in [6, 6.07) is -1.33. The number of aliphatic imine (C=N–C) groups is 1. The summed E-state index contributed by atoms with van der Waals surface area (Å²) in [4.78, 5) is 106. The smallest absolute Gasteiger partial charge is 0.475 e. The summed E-state index contributed by atoms with van der Waals surface area (Å²) in [5.41, 5.74) is 21.1. The Morgan fingerprint density at radius 3 is 2.41 bits per heavy atom. The van der Waals surface area contributed by atoms with E-state index in [0.29, 0.717) is 56.3 Å². The molecule has 0 bridgehead atoms. The SMILES string of the molecule is NC(=O)[C@H](CSCC(=O)OCCOCn1cnc2c(=O)[nH]c(N)cc21)NC(=O)C(CCCN=C(N)N)NC(=O)CCCCCNC(=O)CCCC[C@@H]1SC[C@]2(O)NC(=O)N[C@H]12.O=C(O)C(F)(F)F. The highest BCUT2D eigenvalue weighted by molar-refractivity contribution is 8.00. The number of aromatic nitrogens is 3. The number of hydrogen-bond donors (Lipinski definition) is 12. The number of nitrogens with one attached hydrogen (secondary N) is 6. The van der Waals surface area contributed by atoms with E-state index in [-0.39, 0.29) is 97.3 Å². The maximum absolute atomic E-state index is 13.3. The molecule has 1 unspecified atom stereocenters. The number of carboxylic acid groups (broad SMARTS) is 1. The predicted octanol–water partition coefficient (Wildman–Crippen LogP) is -1.58. The third-order valence-corrected chi connectivity index (χ3v) is 12.5. The molecule has 2 fully saturated rings. The summed E-state index contributed by atoms with van der Waals surface area (Å²) in [5.74, 6) is -4.99. The molecule has 380 valence electrons. The van der Waals surface area contributed by atoms with Crippen molar-refractivity contribution in [1.82, 2.24) is 41.1 Å². The molecule has 2 saturated heterocycles. The van der Waals surface area contributed by atoms with Crippen molar-refractivity contribution < 1.29 is 66.4 Å². The number of carbonyl (C=O) groups is 7. The van der Waals surface area contributed by atoms with Gasteiger partial charge in [0.15, 0.2) is 17.2 Å². The number of nitrogens with two attached hydrogens (primary N) is 4. The number of hydrogen-bond acceptors (Lipinski definition) is 16. The number of aliphatic carboxylic acids is 1. The fraction of sp³-hybridized carbons (Fsp3) is 0.632. The Balaban J connectivity index is 0.00000162.